The third-order valence-electron chi connectivity index (χ3n) is 5.38. The molecule has 3 saturated heterocycles. The zero-order valence-electron chi connectivity index (χ0n) is 15.3. The lowest BCUT2D eigenvalue weighted by Crippen LogP contribution is -2.58. The molecule has 4 aliphatic heterocycles. The van der Waals surface area contributed by atoms with Gasteiger partial charge in [-0.1, -0.05) is 16.7 Å². The number of anilines is 1. The third kappa shape index (κ3) is 3.26. The predicted octanol–water partition coefficient (Wildman–Crippen LogP) is 1.98. The van der Waals surface area contributed by atoms with Crippen LogP contribution in [0.25, 0.3) is 11.5 Å². The fourth-order valence-electron chi connectivity index (χ4n) is 3.96. The zero-order valence-corrected chi connectivity index (χ0v) is 16.0. The summed E-state index contributed by atoms with van der Waals surface area (Å²) in [6.45, 7) is 1.30. The molecule has 0 aliphatic carbocycles. The molecule has 2 bridgehead atoms. The largest absolute Gasteiger partial charge is 0.403 e. The first-order valence-electron chi connectivity index (χ1n) is 9.28. The highest BCUT2D eigenvalue weighted by Gasteiger charge is 2.53. The minimum Gasteiger partial charge on any atom is -0.403 e. The van der Waals surface area contributed by atoms with Crippen molar-refractivity contribution in [3.8, 4) is 11.5 Å². The lowest BCUT2D eigenvalue weighted by atomic mass is 10.1. The summed E-state index contributed by atoms with van der Waals surface area (Å²) in [5.41, 5.74) is 0.738. The molecule has 2 aromatic rings. The van der Waals surface area contributed by atoms with E-state index in [1.165, 1.54) is 0 Å². The Balaban J connectivity index is 1.49. The maximum Gasteiger partial charge on any atom is 0.339 e. The van der Waals surface area contributed by atoms with E-state index >= 15 is 0 Å². The van der Waals surface area contributed by atoms with Crippen molar-refractivity contribution in [2.75, 3.05) is 24.5 Å². The predicted molar refractivity (Wildman–Crippen MR) is 101 cm³/mol. The molecule has 0 amide bonds. The summed E-state index contributed by atoms with van der Waals surface area (Å²) in [5, 5.41) is 8.95. The number of aromatic nitrogens is 2. The number of rotatable bonds is 2. The van der Waals surface area contributed by atoms with Crippen LogP contribution < -0.4 is 4.90 Å². The number of carbonyl (C=O) groups is 2. The molecule has 0 saturated carbocycles. The smallest absolute Gasteiger partial charge is 0.339 e. The second-order valence-electron chi connectivity index (χ2n) is 7.13. The zero-order chi connectivity index (χ0) is 20.0. The Kier molecular flexibility index (Phi) is 4.29. The van der Waals surface area contributed by atoms with Crippen LogP contribution in [-0.2, 0) is 19.1 Å². The number of nitrogens with zero attached hydrogens (tertiary/aromatic N) is 4. The topological polar surface area (TPSA) is 98.0 Å². The number of benzene rings is 1. The maximum atomic E-state index is 12.1. The minimum atomic E-state index is -1.53. The van der Waals surface area contributed by atoms with E-state index < -0.39 is 17.8 Å². The van der Waals surface area contributed by atoms with E-state index in [1.54, 1.807) is 24.3 Å². The van der Waals surface area contributed by atoms with Crippen molar-refractivity contribution in [3.63, 3.8) is 0 Å². The van der Waals surface area contributed by atoms with Crippen molar-refractivity contribution in [2.45, 2.75) is 24.8 Å². The van der Waals surface area contributed by atoms with Gasteiger partial charge in [-0.15, -0.1) is 5.10 Å². The van der Waals surface area contributed by atoms with Gasteiger partial charge in [-0.05, 0) is 37.1 Å². The molecule has 0 N–H and O–H groups in total. The van der Waals surface area contributed by atoms with Crippen LogP contribution in [0, 0.1) is 0 Å². The summed E-state index contributed by atoms with van der Waals surface area (Å²) in [6.07, 6.45) is 3.71. The van der Waals surface area contributed by atoms with Gasteiger partial charge < -0.3 is 18.8 Å². The molecule has 0 unspecified atom stereocenters. The molecule has 6 rings (SSSR count). The number of hydrogen-bond acceptors (Lipinski definition) is 9. The van der Waals surface area contributed by atoms with Gasteiger partial charge in [0.2, 0.25) is 5.89 Å². The van der Waals surface area contributed by atoms with E-state index in [4.69, 9.17) is 25.5 Å². The van der Waals surface area contributed by atoms with Gasteiger partial charge in [0.05, 0.1) is 0 Å². The standard InChI is InChI=1S/C19H17ClN4O5/c20-13-3-1-12(2-4-13)17-21-22-18(27-17)24-11-19(23-9-7-14(24)8-10-23)28-15(25)5-6-16(26)29-19/h1-6,14H,7-11H2. The molecule has 1 aromatic carbocycles. The number of ether oxygens (including phenoxy) is 2. The van der Waals surface area contributed by atoms with Gasteiger partial charge in [0.15, 0.2) is 0 Å². The van der Waals surface area contributed by atoms with Gasteiger partial charge in [0.1, 0.15) is 6.54 Å². The van der Waals surface area contributed by atoms with Crippen molar-refractivity contribution in [1.29, 1.82) is 0 Å². The Morgan fingerprint density at radius 1 is 1.00 bits per heavy atom. The van der Waals surface area contributed by atoms with E-state index in [9.17, 15) is 9.59 Å². The van der Waals surface area contributed by atoms with Crippen LogP contribution in [0.4, 0.5) is 6.01 Å². The normalized spacial score (nSPS) is 25.5. The fourth-order valence-corrected chi connectivity index (χ4v) is 4.09. The second kappa shape index (κ2) is 6.85. The minimum absolute atomic E-state index is 0.0824. The van der Waals surface area contributed by atoms with Crippen molar-refractivity contribution in [3.05, 3.63) is 41.4 Å². The second-order valence-corrected chi connectivity index (χ2v) is 7.57. The van der Waals surface area contributed by atoms with E-state index in [2.05, 4.69) is 10.2 Å². The Hall–Kier alpha value is -2.91. The first-order chi connectivity index (χ1) is 14.0. The number of esters is 2. The quantitative estimate of drug-likeness (QED) is 0.680. The van der Waals surface area contributed by atoms with Crippen LogP contribution >= 0.6 is 11.6 Å². The average Bonchev–Trinajstić information content (AvgIpc) is 3.03. The van der Waals surface area contributed by atoms with E-state index in [-0.39, 0.29) is 18.6 Å². The highest BCUT2D eigenvalue weighted by molar-refractivity contribution is 6.30. The van der Waals surface area contributed by atoms with Gasteiger partial charge in [-0.3, -0.25) is 0 Å². The van der Waals surface area contributed by atoms with Crippen molar-refractivity contribution < 1.29 is 23.5 Å². The highest BCUT2D eigenvalue weighted by Crippen LogP contribution is 2.37. The molecular weight excluding hydrogens is 400 g/mol. The van der Waals surface area contributed by atoms with Crippen LogP contribution in [0.3, 0.4) is 0 Å². The Morgan fingerprint density at radius 2 is 1.66 bits per heavy atom. The molecule has 3 fully saturated rings. The molecule has 0 radical (unpaired) electrons. The molecule has 29 heavy (non-hydrogen) atoms. The molecule has 150 valence electrons. The van der Waals surface area contributed by atoms with E-state index in [0.717, 1.165) is 30.6 Å². The average molecular weight is 417 g/mol. The molecule has 1 spiro atoms. The Bertz CT molecular complexity index is 961. The number of halogens is 1. The van der Waals surface area contributed by atoms with Crippen LogP contribution in [0.5, 0.6) is 0 Å². The third-order valence-corrected chi connectivity index (χ3v) is 5.64. The van der Waals surface area contributed by atoms with E-state index in [1.807, 2.05) is 9.80 Å². The number of fused-ring (bicyclic) bond motifs is 3. The molecule has 9 nitrogen and oxygen atoms in total. The summed E-state index contributed by atoms with van der Waals surface area (Å²) in [4.78, 5) is 27.9. The fraction of sp³-hybridized carbons (Fsp3) is 0.368. The summed E-state index contributed by atoms with van der Waals surface area (Å²) in [6, 6.07) is 7.45. The van der Waals surface area contributed by atoms with Gasteiger partial charge in [-0.2, -0.15) is 0 Å². The number of piperidine rings is 1. The van der Waals surface area contributed by atoms with Crippen molar-refractivity contribution in [2.24, 2.45) is 0 Å². The molecule has 10 heteroatoms. The SMILES string of the molecule is O=C1C=CC(=O)OC2(CN(c3nnc(-c4ccc(Cl)cc4)o3)C3CCN2CC3)O1. The highest BCUT2D eigenvalue weighted by atomic mass is 35.5. The lowest BCUT2D eigenvalue weighted by molar-refractivity contribution is -0.274. The monoisotopic (exact) mass is 416 g/mol. The Morgan fingerprint density at radius 3 is 2.31 bits per heavy atom. The first-order valence-corrected chi connectivity index (χ1v) is 9.65. The summed E-state index contributed by atoms with van der Waals surface area (Å²) < 4.78 is 17.1. The summed E-state index contributed by atoms with van der Waals surface area (Å²) in [5.74, 6) is -2.44. The molecule has 0 atom stereocenters. The van der Waals surface area contributed by atoms with Crippen molar-refractivity contribution >= 4 is 29.6 Å². The Labute approximate surface area is 170 Å². The van der Waals surface area contributed by atoms with Crippen molar-refractivity contribution in [1.82, 2.24) is 15.1 Å². The van der Waals surface area contributed by atoms with Crippen LogP contribution in [-0.4, -0.2) is 58.6 Å². The van der Waals surface area contributed by atoms with Gasteiger partial charge >= 0.3 is 23.9 Å². The molecular formula is C19H17ClN4O5. The molecule has 1 aromatic heterocycles. The maximum absolute atomic E-state index is 12.1. The van der Waals surface area contributed by atoms with E-state index in [0.29, 0.717) is 24.0 Å². The van der Waals surface area contributed by atoms with Gasteiger partial charge in [0.25, 0.3) is 0 Å². The molecule has 4 aliphatic rings. The number of carbonyl (C=O) groups excluding carboxylic acids is 2. The number of hydrogen-bond donors (Lipinski definition) is 0. The van der Waals surface area contributed by atoms with Crippen LogP contribution in [0.2, 0.25) is 5.02 Å². The first kappa shape index (κ1) is 18.1. The summed E-state index contributed by atoms with van der Waals surface area (Å²) >= 11 is 5.94. The van der Waals surface area contributed by atoms with Crippen LogP contribution in [0.1, 0.15) is 12.8 Å². The van der Waals surface area contributed by atoms with Gasteiger partial charge in [-0.25, -0.2) is 14.5 Å². The van der Waals surface area contributed by atoms with Crippen LogP contribution in [0.15, 0.2) is 40.8 Å². The molecule has 5 heterocycles. The lowest BCUT2D eigenvalue weighted by Gasteiger charge is -2.39. The van der Waals surface area contributed by atoms with Gasteiger partial charge in [0, 0.05) is 41.9 Å². The summed E-state index contributed by atoms with van der Waals surface area (Å²) in [7, 11) is 0.